The van der Waals surface area contributed by atoms with Crippen LogP contribution in [0.5, 0.6) is 0 Å². The molecular formula is C11H24. The standard InChI is InChI=1S/C9H18.C2H6/c1-5-9(4)7-6-8(2)3;1-2/h5,8-9H,1,6-7H2,2-4H3;1-2H3. The quantitative estimate of drug-likeness (QED) is 0.533. The molecule has 1 atom stereocenters. The lowest BCUT2D eigenvalue weighted by atomic mass is 10.00. The fourth-order valence-corrected chi connectivity index (χ4v) is 0.714. The first-order valence-corrected chi connectivity index (χ1v) is 4.79. The zero-order valence-corrected chi connectivity index (χ0v) is 8.85. The Morgan fingerprint density at radius 3 is 1.82 bits per heavy atom. The first kappa shape index (κ1) is 13.3. The van der Waals surface area contributed by atoms with Gasteiger partial charge in [0.2, 0.25) is 0 Å². The summed E-state index contributed by atoms with van der Waals surface area (Å²) in [6.45, 7) is 14.5. The average molecular weight is 156 g/mol. The number of rotatable bonds is 4. The molecule has 0 heterocycles. The largest absolute Gasteiger partial charge is 0.103 e. The summed E-state index contributed by atoms with van der Waals surface area (Å²) in [6, 6.07) is 0. The van der Waals surface area contributed by atoms with Gasteiger partial charge in [-0.05, 0) is 18.3 Å². The van der Waals surface area contributed by atoms with E-state index in [-0.39, 0.29) is 0 Å². The lowest BCUT2D eigenvalue weighted by Crippen LogP contribution is -1.93. The fourth-order valence-electron chi connectivity index (χ4n) is 0.714. The van der Waals surface area contributed by atoms with Crippen molar-refractivity contribution in [1.82, 2.24) is 0 Å². The van der Waals surface area contributed by atoms with Crippen molar-refractivity contribution in [1.29, 1.82) is 0 Å². The SMILES string of the molecule is C=CC(C)CCC(C)C.CC. The lowest BCUT2D eigenvalue weighted by Gasteiger charge is -2.06. The Hall–Kier alpha value is -0.260. The van der Waals surface area contributed by atoms with Gasteiger partial charge in [0.25, 0.3) is 0 Å². The molecule has 0 saturated heterocycles. The van der Waals surface area contributed by atoms with Crippen molar-refractivity contribution in [2.24, 2.45) is 11.8 Å². The van der Waals surface area contributed by atoms with E-state index >= 15 is 0 Å². The minimum absolute atomic E-state index is 0.701. The van der Waals surface area contributed by atoms with Crippen molar-refractivity contribution >= 4 is 0 Å². The molecule has 0 nitrogen and oxygen atoms in total. The maximum atomic E-state index is 3.74. The van der Waals surface area contributed by atoms with Gasteiger partial charge in [0.1, 0.15) is 0 Å². The van der Waals surface area contributed by atoms with Gasteiger partial charge in [-0.3, -0.25) is 0 Å². The molecule has 1 unspecified atom stereocenters. The summed E-state index contributed by atoms with van der Waals surface area (Å²) in [7, 11) is 0. The first-order chi connectivity index (χ1) is 5.16. The van der Waals surface area contributed by atoms with Crippen LogP contribution in [0, 0.1) is 11.8 Å². The Morgan fingerprint density at radius 2 is 1.55 bits per heavy atom. The molecule has 0 radical (unpaired) electrons. The van der Waals surface area contributed by atoms with Gasteiger partial charge in [-0.25, -0.2) is 0 Å². The molecule has 0 aromatic rings. The normalized spacial score (nSPS) is 11.8. The number of hydrogen-bond acceptors (Lipinski definition) is 0. The van der Waals surface area contributed by atoms with E-state index in [0.717, 1.165) is 5.92 Å². The van der Waals surface area contributed by atoms with Crippen LogP contribution >= 0.6 is 0 Å². The van der Waals surface area contributed by atoms with E-state index in [1.165, 1.54) is 12.8 Å². The van der Waals surface area contributed by atoms with E-state index in [0.29, 0.717) is 5.92 Å². The van der Waals surface area contributed by atoms with Gasteiger partial charge >= 0.3 is 0 Å². The van der Waals surface area contributed by atoms with Crippen molar-refractivity contribution in [3.05, 3.63) is 12.7 Å². The molecule has 0 spiro atoms. The van der Waals surface area contributed by atoms with Crippen molar-refractivity contribution in [3.8, 4) is 0 Å². The topological polar surface area (TPSA) is 0 Å². The summed E-state index contributed by atoms with van der Waals surface area (Å²) >= 11 is 0. The Kier molecular flexibility index (Phi) is 11.8. The molecule has 11 heavy (non-hydrogen) atoms. The number of allylic oxidation sites excluding steroid dienone is 1. The third-order valence-corrected chi connectivity index (χ3v) is 1.60. The van der Waals surface area contributed by atoms with Crippen LogP contribution in [0.15, 0.2) is 12.7 Å². The number of hydrogen-bond donors (Lipinski definition) is 0. The van der Waals surface area contributed by atoms with Crippen LogP contribution in [0.1, 0.15) is 47.5 Å². The van der Waals surface area contributed by atoms with Gasteiger partial charge < -0.3 is 0 Å². The van der Waals surface area contributed by atoms with E-state index in [1.807, 2.05) is 19.9 Å². The Bertz CT molecular complexity index is 72.1. The summed E-state index contributed by atoms with van der Waals surface area (Å²) in [4.78, 5) is 0. The summed E-state index contributed by atoms with van der Waals surface area (Å²) in [5, 5.41) is 0. The van der Waals surface area contributed by atoms with Gasteiger partial charge in [-0.2, -0.15) is 0 Å². The van der Waals surface area contributed by atoms with Crippen LogP contribution in [-0.4, -0.2) is 0 Å². The van der Waals surface area contributed by atoms with Crippen molar-refractivity contribution in [2.45, 2.75) is 47.5 Å². The van der Waals surface area contributed by atoms with Crippen molar-refractivity contribution < 1.29 is 0 Å². The molecule has 0 saturated carbocycles. The minimum Gasteiger partial charge on any atom is -0.103 e. The molecular weight excluding hydrogens is 132 g/mol. The predicted molar refractivity (Wildman–Crippen MR) is 54.8 cm³/mol. The van der Waals surface area contributed by atoms with Crippen molar-refractivity contribution in [3.63, 3.8) is 0 Å². The highest BCUT2D eigenvalue weighted by Gasteiger charge is 1.97. The Balaban J connectivity index is 0. The molecule has 0 bridgehead atoms. The second-order valence-corrected chi connectivity index (χ2v) is 3.18. The van der Waals surface area contributed by atoms with Crippen molar-refractivity contribution in [2.75, 3.05) is 0 Å². The molecule has 0 aliphatic rings. The average Bonchev–Trinajstić information content (AvgIpc) is 2.04. The van der Waals surface area contributed by atoms with Crippen LogP contribution in [-0.2, 0) is 0 Å². The van der Waals surface area contributed by atoms with E-state index in [9.17, 15) is 0 Å². The molecule has 0 fully saturated rings. The van der Waals surface area contributed by atoms with Gasteiger partial charge in [-0.15, -0.1) is 6.58 Å². The molecule has 0 rings (SSSR count). The summed E-state index contributed by atoms with van der Waals surface area (Å²) in [6.07, 6.45) is 4.65. The maximum Gasteiger partial charge on any atom is -0.0265 e. The Morgan fingerprint density at radius 1 is 1.09 bits per heavy atom. The highest BCUT2D eigenvalue weighted by molar-refractivity contribution is 4.74. The summed E-state index contributed by atoms with van der Waals surface area (Å²) in [5.74, 6) is 1.54. The molecule has 0 N–H and O–H groups in total. The second-order valence-electron chi connectivity index (χ2n) is 3.18. The summed E-state index contributed by atoms with van der Waals surface area (Å²) in [5.41, 5.74) is 0. The minimum atomic E-state index is 0.701. The molecule has 0 aliphatic heterocycles. The highest BCUT2D eigenvalue weighted by Crippen LogP contribution is 2.11. The second kappa shape index (κ2) is 9.74. The molecule has 0 aromatic heterocycles. The van der Waals surface area contributed by atoms with Gasteiger partial charge in [0.05, 0.1) is 0 Å². The van der Waals surface area contributed by atoms with Crippen LogP contribution < -0.4 is 0 Å². The molecule has 0 amide bonds. The molecule has 0 aliphatic carbocycles. The van der Waals surface area contributed by atoms with Gasteiger partial charge in [0, 0.05) is 0 Å². The van der Waals surface area contributed by atoms with Gasteiger partial charge in [0.15, 0.2) is 0 Å². The van der Waals surface area contributed by atoms with Crippen LogP contribution in [0.25, 0.3) is 0 Å². The van der Waals surface area contributed by atoms with Crippen LogP contribution in [0.4, 0.5) is 0 Å². The third kappa shape index (κ3) is 12.8. The summed E-state index contributed by atoms with van der Waals surface area (Å²) < 4.78 is 0. The highest BCUT2D eigenvalue weighted by atomic mass is 14.0. The smallest absolute Gasteiger partial charge is 0.0265 e. The third-order valence-electron chi connectivity index (χ3n) is 1.60. The molecule has 68 valence electrons. The van der Waals surface area contributed by atoms with E-state index < -0.39 is 0 Å². The van der Waals surface area contributed by atoms with E-state index in [2.05, 4.69) is 27.4 Å². The Labute approximate surface area is 72.7 Å². The van der Waals surface area contributed by atoms with Crippen LogP contribution in [0.3, 0.4) is 0 Å². The monoisotopic (exact) mass is 156 g/mol. The predicted octanol–water partition coefficient (Wildman–Crippen LogP) is 4.27. The van der Waals surface area contributed by atoms with E-state index in [4.69, 9.17) is 0 Å². The van der Waals surface area contributed by atoms with Crippen LogP contribution in [0.2, 0.25) is 0 Å². The molecule has 0 aromatic carbocycles. The molecule has 0 heteroatoms. The fraction of sp³-hybridized carbons (Fsp3) is 0.818. The zero-order valence-electron chi connectivity index (χ0n) is 8.85. The lowest BCUT2D eigenvalue weighted by molar-refractivity contribution is 0.502. The van der Waals surface area contributed by atoms with Gasteiger partial charge in [-0.1, -0.05) is 47.1 Å². The first-order valence-electron chi connectivity index (χ1n) is 4.79. The van der Waals surface area contributed by atoms with E-state index in [1.54, 1.807) is 0 Å². The maximum absolute atomic E-state index is 3.74. The zero-order chi connectivity index (χ0) is 9.28.